The Morgan fingerprint density at radius 1 is 1.22 bits per heavy atom. The zero-order chi connectivity index (χ0) is 13.3. The molecule has 0 aromatic rings. The molecule has 3 nitrogen and oxygen atoms in total. The average molecular weight is 255 g/mol. The molecular weight excluding hydrogens is 226 g/mol. The van der Waals surface area contributed by atoms with Gasteiger partial charge in [0, 0.05) is 6.54 Å². The molecular formula is C15H29NO2. The van der Waals surface area contributed by atoms with E-state index >= 15 is 0 Å². The molecule has 1 N–H and O–H groups in total. The number of carbonyl (C=O) groups excluding carboxylic acids is 1. The molecule has 0 amide bonds. The number of hydrogen-bond acceptors (Lipinski definition) is 3. The summed E-state index contributed by atoms with van der Waals surface area (Å²) in [6.07, 6.45) is 8.94. The van der Waals surface area contributed by atoms with E-state index in [0.717, 1.165) is 38.8 Å². The van der Waals surface area contributed by atoms with Crippen molar-refractivity contribution in [2.45, 2.75) is 65.2 Å². The first-order valence-electron chi connectivity index (χ1n) is 7.63. The number of esters is 1. The zero-order valence-electron chi connectivity index (χ0n) is 12.1. The second kappa shape index (κ2) is 8.52. The van der Waals surface area contributed by atoms with Crippen LogP contribution in [-0.2, 0) is 9.53 Å². The zero-order valence-corrected chi connectivity index (χ0v) is 12.1. The lowest BCUT2D eigenvalue weighted by Crippen LogP contribution is -2.46. The maximum atomic E-state index is 12.2. The lowest BCUT2D eigenvalue weighted by atomic mass is 9.78. The molecule has 0 aromatic heterocycles. The van der Waals surface area contributed by atoms with E-state index in [1.807, 2.05) is 0 Å². The number of unbranched alkanes of at least 4 members (excludes halogenated alkanes) is 4. The van der Waals surface area contributed by atoms with Gasteiger partial charge in [-0.25, -0.2) is 0 Å². The Kier molecular flexibility index (Phi) is 7.33. The summed E-state index contributed by atoms with van der Waals surface area (Å²) in [5.41, 5.74) is -0.248. The van der Waals surface area contributed by atoms with Gasteiger partial charge in [-0.05, 0) is 32.2 Å². The van der Waals surface area contributed by atoms with Crippen LogP contribution >= 0.6 is 0 Å². The minimum atomic E-state index is -0.248. The molecule has 106 valence electrons. The van der Waals surface area contributed by atoms with Crippen molar-refractivity contribution in [3.8, 4) is 0 Å². The molecule has 1 rings (SSSR count). The molecule has 1 heterocycles. The van der Waals surface area contributed by atoms with Gasteiger partial charge < -0.3 is 10.1 Å². The fourth-order valence-electron chi connectivity index (χ4n) is 2.61. The van der Waals surface area contributed by atoms with Crippen molar-refractivity contribution in [2.75, 3.05) is 19.7 Å². The van der Waals surface area contributed by atoms with Crippen LogP contribution in [0.5, 0.6) is 0 Å². The van der Waals surface area contributed by atoms with E-state index in [4.69, 9.17) is 4.74 Å². The summed E-state index contributed by atoms with van der Waals surface area (Å²) in [5.74, 6) is 0.0210. The molecule has 0 saturated carbocycles. The van der Waals surface area contributed by atoms with Crippen molar-refractivity contribution in [3.63, 3.8) is 0 Å². The molecule has 0 aromatic carbocycles. The summed E-state index contributed by atoms with van der Waals surface area (Å²) in [6.45, 7) is 6.73. The summed E-state index contributed by atoms with van der Waals surface area (Å²) in [5, 5.41) is 3.32. The molecule has 1 fully saturated rings. The predicted octanol–water partition coefficient (Wildman–Crippen LogP) is 3.28. The van der Waals surface area contributed by atoms with Crippen LogP contribution < -0.4 is 5.32 Å². The maximum Gasteiger partial charge on any atom is 0.313 e. The molecule has 0 aliphatic carbocycles. The Hall–Kier alpha value is -0.570. The fraction of sp³-hybridized carbons (Fsp3) is 0.933. The summed E-state index contributed by atoms with van der Waals surface area (Å²) < 4.78 is 5.48. The highest BCUT2D eigenvalue weighted by Gasteiger charge is 2.39. The highest BCUT2D eigenvalue weighted by atomic mass is 16.5. The van der Waals surface area contributed by atoms with E-state index < -0.39 is 0 Å². The molecule has 0 bridgehead atoms. The van der Waals surface area contributed by atoms with Crippen LogP contribution in [0.2, 0.25) is 0 Å². The Bertz CT molecular complexity index is 235. The molecule has 3 heteroatoms. The quantitative estimate of drug-likeness (QED) is 0.534. The van der Waals surface area contributed by atoms with Gasteiger partial charge in [-0.3, -0.25) is 4.79 Å². The van der Waals surface area contributed by atoms with E-state index in [2.05, 4.69) is 19.2 Å². The van der Waals surface area contributed by atoms with Crippen LogP contribution in [-0.4, -0.2) is 25.7 Å². The van der Waals surface area contributed by atoms with Gasteiger partial charge in [0.15, 0.2) is 0 Å². The average Bonchev–Trinajstić information content (AvgIpc) is 2.43. The Labute approximate surface area is 112 Å². The van der Waals surface area contributed by atoms with Crippen molar-refractivity contribution in [3.05, 3.63) is 0 Å². The minimum absolute atomic E-state index is 0.0210. The Morgan fingerprint density at radius 3 is 2.61 bits per heavy atom. The molecule has 18 heavy (non-hydrogen) atoms. The predicted molar refractivity (Wildman–Crippen MR) is 74.5 cm³/mol. The third-order valence-electron chi connectivity index (χ3n) is 4.06. The third kappa shape index (κ3) is 4.60. The molecule has 1 atom stereocenters. The van der Waals surface area contributed by atoms with E-state index in [-0.39, 0.29) is 11.4 Å². The standard InChI is InChI=1S/C15H29NO2/c1-3-5-6-7-8-12-18-14(17)15(4-2)10-9-11-16-13-15/h16H,3-13H2,1-2H3. The van der Waals surface area contributed by atoms with E-state index in [1.165, 1.54) is 25.7 Å². The first-order valence-corrected chi connectivity index (χ1v) is 7.63. The summed E-state index contributed by atoms with van der Waals surface area (Å²) >= 11 is 0. The molecule has 1 unspecified atom stereocenters. The monoisotopic (exact) mass is 255 g/mol. The van der Waals surface area contributed by atoms with Crippen molar-refractivity contribution < 1.29 is 9.53 Å². The van der Waals surface area contributed by atoms with Gasteiger partial charge in [0.2, 0.25) is 0 Å². The first kappa shape index (κ1) is 15.5. The van der Waals surface area contributed by atoms with Gasteiger partial charge in [0.25, 0.3) is 0 Å². The van der Waals surface area contributed by atoms with Crippen LogP contribution in [0.1, 0.15) is 65.2 Å². The lowest BCUT2D eigenvalue weighted by molar-refractivity contribution is -0.157. The number of carbonyl (C=O) groups is 1. The van der Waals surface area contributed by atoms with Gasteiger partial charge >= 0.3 is 5.97 Å². The largest absolute Gasteiger partial charge is 0.465 e. The number of hydrogen-bond donors (Lipinski definition) is 1. The smallest absolute Gasteiger partial charge is 0.313 e. The van der Waals surface area contributed by atoms with Gasteiger partial charge in [-0.1, -0.05) is 39.5 Å². The van der Waals surface area contributed by atoms with E-state index in [9.17, 15) is 4.79 Å². The second-order valence-corrected chi connectivity index (χ2v) is 5.46. The van der Waals surface area contributed by atoms with E-state index in [1.54, 1.807) is 0 Å². The normalized spacial score (nSPS) is 23.9. The topological polar surface area (TPSA) is 38.3 Å². The molecule has 0 spiro atoms. The van der Waals surface area contributed by atoms with Crippen LogP contribution in [0.15, 0.2) is 0 Å². The first-order chi connectivity index (χ1) is 8.75. The van der Waals surface area contributed by atoms with Crippen LogP contribution in [0.4, 0.5) is 0 Å². The number of piperidine rings is 1. The Balaban J connectivity index is 2.21. The third-order valence-corrected chi connectivity index (χ3v) is 4.06. The summed E-state index contributed by atoms with van der Waals surface area (Å²) in [7, 11) is 0. The Morgan fingerprint density at radius 2 is 2.00 bits per heavy atom. The van der Waals surface area contributed by atoms with Crippen molar-refractivity contribution in [2.24, 2.45) is 5.41 Å². The fourth-order valence-corrected chi connectivity index (χ4v) is 2.61. The summed E-state index contributed by atoms with van der Waals surface area (Å²) in [6, 6.07) is 0. The maximum absolute atomic E-state index is 12.2. The number of nitrogens with one attached hydrogen (secondary N) is 1. The second-order valence-electron chi connectivity index (χ2n) is 5.46. The number of rotatable bonds is 8. The highest BCUT2D eigenvalue weighted by molar-refractivity contribution is 5.77. The van der Waals surface area contributed by atoms with Crippen molar-refractivity contribution in [1.29, 1.82) is 0 Å². The molecule has 1 aliphatic rings. The van der Waals surface area contributed by atoms with E-state index in [0.29, 0.717) is 6.61 Å². The van der Waals surface area contributed by atoms with Gasteiger partial charge in [0.05, 0.1) is 12.0 Å². The van der Waals surface area contributed by atoms with Crippen molar-refractivity contribution >= 4 is 5.97 Å². The molecule has 1 aliphatic heterocycles. The van der Waals surface area contributed by atoms with Gasteiger partial charge in [0.1, 0.15) is 0 Å². The minimum Gasteiger partial charge on any atom is -0.465 e. The highest BCUT2D eigenvalue weighted by Crippen LogP contribution is 2.31. The SMILES string of the molecule is CCCCCCCOC(=O)C1(CC)CCCNC1. The van der Waals surface area contributed by atoms with Crippen LogP contribution in [0.3, 0.4) is 0 Å². The van der Waals surface area contributed by atoms with Crippen molar-refractivity contribution in [1.82, 2.24) is 5.32 Å². The lowest BCUT2D eigenvalue weighted by Gasteiger charge is -2.34. The number of ether oxygens (including phenoxy) is 1. The summed E-state index contributed by atoms with van der Waals surface area (Å²) in [4.78, 5) is 12.2. The van der Waals surface area contributed by atoms with Gasteiger partial charge in [-0.2, -0.15) is 0 Å². The van der Waals surface area contributed by atoms with Crippen LogP contribution in [0, 0.1) is 5.41 Å². The van der Waals surface area contributed by atoms with Crippen LogP contribution in [0.25, 0.3) is 0 Å². The molecule has 0 radical (unpaired) electrons. The molecule has 1 saturated heterocycles. The van der Waals surface area contributed by atoms with Gasteiger partial charge in [-0.15, -0.1) is 0 Å².